The molecule has 1 fully saturated rings. The molecule has 0 aromatic heterocycles. The van der Waals surface area contributed by atoms with Crippen LogP contribution >= 0.6 is 0 Å². The van der Waals surface area contributed by atoms with E-state index in [1.807, 2.05) is 13.0 Å². The van der Waals surface area contributed by atoms with Crippen LogP contribution in [0, 0.1) is 24.6 Å². The zero-order chi connectivity index (χ0) is 35.8. The number of hydrogen-bond acceptors (Lipinski definition) is 9. The Hall–Kier alpha value is -2.89. The van der Waals surface area contributed by atoms with Gasteiger partial charge in [-0.3, -0.25) is 9.59 Å². The molecule has 48 heavy (non-hydrogen) atoms. The highest BCUT2D eigenvalue weighted by atomic mass is 19.1. The van der Waals surface area contributed by atoms with Crippen molar-refractivity contribution in [1.82, 2.24) is 5.32 Å². The van der Waals surface area contributed by atoms with E-state index in [4.69, 9.17) is 14.2 Å². The lowest BCUT2D eigenvalue weighted by Crippen LogP contribution is -2.51. The molecule has 0 radical (unpaired) electrons. The highest BCUT2D eigenvalue weighted by Gasteiger charge is 2.52. The van der Waals surface area contributed by atoms with Crippen molar-refractivity contribution in [3.8, 4) is 0 Å². The van der Waals surface area contributed by atoms with Gasteiger partial charge in [-0.25, -0.2) is 4.39 Å². The molecule has 268 valence electrons. The standard InChI is InChI=1S/C38H56FNO8/c1-9-11-24(3)34-35(48-34)36(40-22-28-15-13-23(2)30(39)20-28)38(8,45)18-10-12-25(4)33-26(5)14-16-31(46-27(6)41)37(7,44)19-17-29(42)21-32(43)47-33/h10,12-16,18,20,24,26,29,31,33-36,40,42,44-45H,9,11,17,19,21-22H2,1-8H3. The number of nitrogens with one attached hydrogen (secondary N) is 1. The van der Waals surface area contributed by atoms with E-state index in [2.05, 4.69) is 19.2 Å². The van der Waals surface area contributed by atoms with Crippen molar-refractivity contribution in [2.75, 3.05) is 0 Å². The molecule has 10 heteroatoms. The number of epoxide rings is 1. The summed E-state index contributed by atoms with van der Waals surface area (Å²) in [6, 6.07) is 4.59. The molecule has 0 amide bonds. The van der Waals surface area contributed by atoms with Gasteiger partial charge in [-0.15, -0.1) is 0 Å². The van der Waals surface area contributed by atoms with Crippen molar-refractivity contribution >= 4 is 11.9 Å². The summed E-state index contributed by atoms with van der Waals surface area (Å²) in [6.45, 7) is 14.5. The molecule has 4 N–H and O–H groups in total. The largest absolute Gasteiger partial charge is 0.457 e. The van der Waals surface area contributed by atoms with Crippen LogP contribution in [0.25, 0.3) is 0 Å². The molecule has 10 atom stereocenters. The van der Waals surface area contributed by atoms with Crippen LogP contribution in [-0.2, 0) is 30.3 Å². The minimum absolute atomic E-state index is 0.00966. The first-order chi connectivity index (χ1) is 22.4. The second-order valence-electron chi connectivity index (χ2n) is 14.2. The average Bonchev–Trinajstić information content (AvgIpc) is 3.78. The maximum atomic E-state index is 14.3. The first-order valence-corrected chi connectivity index (χ1v) is 17.1. The topological polar surface area (TPSA) is 138 Å². The molecule has 2 aliphatic heterocycles. The van der Waals surface area contributed by atoms with Gasteiger partial charge >= 0.3 is 11.9 Å². The predicted molar refractivity (Wildman–Crippen MR) is 182 cm³/mol. The Kier molecular flexibility index (Phi) is 14.1. The van der Waals surface area contributed by atoms with Crippen LogP contribution in [0.5, 0.6) is 0 Å². The lowest BCUT2D eigenvalue weighted by atomic mass is 9.87. The fourth-order valence-corrected chi connectivity index (χ4v) is 6.33. The molecule has 1 saturated heterocycles. The molecule has 9 nitrogen and oxygen atoms in total. The molecule has 10 unspecified atom stereocenters. The van der Waals surface area contributed by atoms with Crippen LogP contribution < -0.4 is 5.32 Å². The zero-order valence-electron chi connectivity index (χ0n) is 29.7. The second-order valence-corrected chi connectivity index (χ2v) is 14.2. The van der Waals surface area contributed by atoms with Gasteiger partial charge < -0.3 is 34.8 Å². The number of benzene rings is 1. The molecule has 1 aromatic rings. The summed E-state index contributed by atoms with van der Waals surface area (Å²) < 4.78 is 31.6. The van der Waals surface area contributed by atoms with E-state index in [1.165, 1.54) is 19.9 Å². The van der Waals surface area contributed by atoms with E-state index in [-0.39, 0.29) is 37.3 Å². The number of ether oxygens (including phenoxy) is 3. The molecule has 1 aromatic carbocycles. The third-order valence-corrected chi connectivity index (χ3v) is 9.45. The van der Waals surface area contributed by atoms with Gasteiger partial charge in [0.15, 0.2) is 0 Å². The number of allylic oxidation sites excluding steroid dienone is 2. The minimum Gasteiger partial charge on any atom is -0.457 e. The lowest BCUT2D eigenvalue weighted by molar-refractivity contribution is -0.157. The molecule has 3 rings (SSSR count). The Morgan fingerprint density at radius 1 is 1.27 bits per heavy atom. The van der Waals surface area contributed by atoms with E-state index in [0.29, 0.717) is 23.6 Å². The maximum absolute atomic E-state index is 14.3. The Morgan fingerprint density at radius 2 is 1.98 bits per heavy atom. The van der Waals surface area contributed by atoms with Gasteiger partial charge in [-0.1, -0.05) is 63.6 Å². The fourth-order valence-electron chi connectivity index (χ4n) is 6.33. The van der Waals surface area contributed by atoms with E-state index in [0.717, 1.165) is 18.4 Å². The quantitative estimate of drug-likeness (QED) is 0.0998. The highest BCUT2D eigenvalue weighted by molar-refractivity contribution is 5.70. The van der Waals surface area contributed by atoms with Crippen LogP contribution in [0.2, 0.25) is 0 Å². The van der Waals surface area contributed by atoms with Crippen molar-refractivity contribution in [2.24, 2.45) is 11.8 Å². The van der Waals surface area contributed by atoms with E-state index >= 15 is 0 Å². The van der Waals surface area contributed by atoms with E-state index in [9.17, 15) is 29.3 Å². The van der Waals surface area contributed by atoms with Gasteiger partial charge in [0, 0.05) is 19.4 Å². The normalized spacial score (nSPS) is 31.2. The van der Waals surface area contributed by atoms with E-state index in [1.54, 1.807) is 57.2 Å². The first kappa shape index (κ1) is 39.5. The van der Waals surface area contributed by atoms with Crippen LogP contribution in [0.3, 0.4) is 0 Å². The zero-order valence-corrected chi connectivity index (χ0v) is 29.7. The number of esters is 2. The lowest BCUT2D eigenvalue weighted by Gasteiger charge is -2.32. The number of halogens is 1. The van der Waals surface area contributed by atoms with Crippen molar-refractivity contribution < 1.29 is 43.5 Å². The van der Waals surface area contributed by atoms with Gasteiger partial charge in [-0.2, -0.15) is 0 Å². The second kappa shape index (κ2) is 17.2. The predicted octanol–water partition coefficient (Wildman–Crippen LogP) is 5.38. The van der Waals surface area contributed by atoms with Crippen molar-refractivity contribution in [2.45, 2.75) is 142 Å². The fraction of sp³-hybridized carbons (Fsp3) is 0.632. The Morgan fingerprint density at radius 3 is 2.62 bits per heavy atom. The number of aliphatic hydroxyl groups excluding tert-OH is 1. The van der Waals surface area contributed by atoms with Gasteiger partial charge in [0.05, 0.1) is 30.3 Å². The summed E-state index contributed by atoms with van der Waals surface area (Å²) in [4.78, 5) is 24.6. The molecule has 2 heterocycles. The van der Waals surface area contributed by atoms with Crippen molar-refractivity contribution in [1.29, 1.82) is 0 Å². The number of rotatable bonds is 12. The molecule has 0 bridgehead atoms. The number of carbonyl (C=O) groups is 2. The third kappa shape index (κ3) is 11.3. The Balaban J connectivity index is 1.86. The van der Waals surface area contributed by atoms with Gasteiger partial charge in [0.25, 0.3) is 0 Å². The van der Waals surface area contributed by atoms with Crippen molar-refractivity contribution in [3.63, 3.8) is 0 Å². The first-order valence-electron chi connectivity index (χ1n) is 17.1. The SMILES string of the molecule is CCCC(C)C1OC1C(NCc1ccc(C)c(F)c1)C(C)(O)C=CC=C(C)C1OC(=O)CC(O)CCC(C)(O)C(OC(C)=O)C=CC1C. The molecule has 0 spiro atoms. The van der Waals surface area contributed by atoms with Crippen LogP contribution in [0.15, 0.2) is 54.2 Å². The van der Waals surface area contributed by atoms with E-state index < -0.39 is 53.4 Å². The smallest absolute Gasteiger partial charge is 0.309 e. The Labute approximate surface area is 285 Å². The highest BCUT2D eigenvalue weighted by Crippen LogP contribution is 2.38. The molecule has 0 aliphatic carbocycles. The number of carbonyl (C=O) groups excluding carboxylic acids is 2. The molecular formula is C38H56FNO8. The molecular weight excluding hydrogens is 617 g/mol. The summed E-state index contributed by atoms with van der Waals surface area (Å²) in [5.74, 6) is -1.50. The minimum atomic E-state index is -1.46. The van der Waals surface area contributed by atoms with Crippen LogP contribution in [0.1, 0.15) is 91.7 Å². The summed E-state index contributed by atoms with van der Waals surface area (Å²) in [5.41, 5.74) is -0.835. The maximum Gasteiger partial charge on any atom is 0.309 e. The summed E-state index contributed by atoms with van der Waals surface area (Å²) in [7, 11) is 0. The van der Waals surface area contributed by atoms with Gasteiger partial charge in [-0.05, 0) is 81.7 Å². The number of aryl methyl sites for hydroxylation is 1. The average molecular weight is 674 g/mol. The van der Waals surface area contributed by atoms with Gasteiger partial charge in [0.1, 0.15) is 29.7 Å². The van der Waals surface area contributed by atoms with Gasteiger partial charge in [0.2, 0.25) is 0 Å². The number of cyclic esters (lactones) is 1. The number of hydrogen-bond donors (Lipinski definition) is 4. The summed E-state index contributed by atoms with van der Waals surface area (Å²) in [6.07, 6.45) is 7.46. The summed E-state index contributed by atoms with van der Waals surface area (Å²) in [5, 5.41) is 36.7. The Bertz CT molecular complexity index is 1340. The number of aliphatic hydroxyl groups is 3. The summed E-state index contributed by atoms with van der Waals surface area (Å²) >= 11 is 0. The van der Waals surface area contributed by atoms with Crippen LogP contribution in [0.4, 0.5) is 4.39 Å². The molecule has 0 saturated carbocycles. The van der Waals surface area contributed by atoms with Crippen molar-refractivity contribution in [3.05, 3.63) is 71.1 Å². The monoisotopic (exact) mass is 673 g/mol. The molecule has 2 aliphatic rings. The van der Waals surface area contributed by atoms with Crippen LogP contribution in [-0.4, -0.2) is 75.0 Å². The third-order valence-electron chi connectivity index (χ3n) is 9.45.